The Morgan fingerprint density at radius 3 is 1.34 bits per heavy atom. The highest BCUT2D eigenvalue weighted by molar-refractivity contribution is 5.94. The van der Waals surface area contributed by atoms with Crippen LogP contribution in [0, 0.1) is 0 Å². The van der Waals surface area contributed by atoms with Crippen molar-refractivity contribution in [2.24, 2.45) is 0 Å². The molecule has 0 fully saturated rings. The molecule has 0 atom stereocenters. The third kappa shape index (κ3) is 4.89. The van der Waals surface area contributed by atoms with Crippen molar-refractivity contribution in [3.8, 4) is 55.6 Å². The molecule has 3 aliphatic rings. The third-order valence-electron chi connectivity index (χ3n) is 13.9. The van der Waals surface area contributed by atoms with Gasteiger partial charge in [-0.05, 0) is 132 Å². The summed E-state index contributed by atoms with van der Waals surface area (Å²) >= 11 is 0. The Labute approximate surface area is 343 Å². The lowest BCUT2D eigenvalue weighted by Gasteiger charge is -2.31. The van der Waals surface area contributed by atoms with Crippen LogP contribution in [0.4, 0.5) is 17.1 Å². The maximum absolute atomic E-state index is 2.54. The molecule has 0 saturated heterocycles. The van der Waals surface area contributed by atoms with Gasteiger partial charge < -0.3 is 4.90 Å². The predicted octanol–water partition coefficient (Wildman–Crippen LogP) is 15.4. The van der Waals surface area contributed by atoms with E-state index in [-0.39, 0.29) is 16.2 Å². The molecule has 0 amide bonds. The Morgan fingerprint density at radius 2 is 0.707 bits per heavy atom. The van der Waals surface area contributed by atoms with E-state index in [0.717, 1.165) is 0 Å². The van der Waals surface area contributed by atoms with E-state index in [1.54, 1.807) is 0 Å². The van der Waals surface area contributed by atoms with Gasteiger partial charge in [0.25, 0.3) is 0 Å². The standard InChI is InChI=1S/C57H47N/c1-55(2)48-23-15-13-22-42(48)43-28-26-39(32-50(43)55)58(54-24-16-14-21-41(54)37-19-11-8-12-20-37)40-27-29-44-46-34-53-47(35-52(46)57(5,6)51(44)33-40)45-31-38(36-17-9-7-10-18-36)25-30-49(45)56(53,3)4/h7-35H,1-6H3. The number of rotatable bonds is 5. The summed E-state index contributed by atoms with van der Waals surface area (Å²) < 4.78 is 0. The molecule has 1 heteroatoms. The van der Waals surface area contributed by atoms with Gasteiger partial charge >= 0.3 is 0 Å². The van der Waals surface area contributed by atoms with Crippen LogP contribution in [0.1, 0.15) is 74.9 Å². The predicted molar refractivity (Wildman–Crippen MR) is 245 cm³/mol. The van der Waals surface area contributed by atoms with Gasteiger partial charge in [-0.2, -0.15) is 0 Å². The molecular formula is C57H47N. The van der Waals surface area contributed by atoms with E-state index in [9.17, 15) is 0 Å². The van der Waals surface area contributed by atoms with E-state index in [1.165, 1.54) is 106 Å². The fourth-order valence-electron chi connectivity index (χ4n) is 10.7. The molecule has 8 aromatic rings. The summed E-state index contributed by atoms with van der Waals surface area (Å²) in [4.78, 5) is 2.51. The number of para-hydroxylation sites is 1. The Hall–Kier alpha value is -6.44. The fraction of sp³-hybridized carbons (Fsp3) is 0.158. The third-order valence-corrected chi connectivity index (χ3v) is 13.9. The van der Waals surface area contributed by atoms with Crippen molar-refractivity contribution in [3.63, 3.8) is 0 Å². The van der Waals surface area contributed by atoms with Crippen LogP contribution >= 0.6 is 0 Å². The van der Waals surface area contributed by atoms with Gasteiger partial charge in [-0.3, -0.25) is 0 Å². The van der Waals surface area contributed by atoms with E-state index in [1.807, 2.05) is 0 Å². The molecule has 11 rings (SSSR count). The van der Waals surface area contributed by atoms with E-state index >= 15 is 0 Å². The summed E-state index contributed by atoms with van der Waals surface area (Å²) in [5, 5.41) is 0. The molecule has 0 unspecified atom stereocenters. The van der Waals surface area contributed by atoms with E-state index in [2.05, 4.69) is 222 Å². The van der Waals surface area contributed by atoms with Crippen LogP contribution in [-0.4, -0.2) is 0 Å². The number of nitrogens with zero attached hydrogens (tertiary/aromatic N) is 1. The number of benzene rings is 8. The molecule has 0 heterocycles. The highest BCUT2D eigenvalue weighted by Crippen LogP contribution is 2.58. The van der Waals surface area contributed by atoms with E-state index in [0.29, 0.717) is 0 Å². The second-order valence-electron chi connectivity index (χ2n) is 18.2. The van der Waals surface area contributed by atoms with Crippen LogP contribution in [0.25, 0.3) is 55.6 Å². The van der Waals surface area contributed by atoms with Gasteiger partial charge in [0.15, 0.2) is 0 Å². The molecule has 0 radical (unpaired) electrons. The number of hydrogen-bond acceptors (Lipinski definition) is 1. The topological polar surface area (TPSA) is 3.24 Å². The number of anilines is 3. The minimum Gasteiger partial charge on any atom is -0.310 e. The van der Waals surface area contributed by atoms with Crippen molar-refractivity contribution >= 4 is 17.1 Å². The van der Waals surface area contributed by atoms with Gasteiger partial charge in [-0.15, -0.1) is 0 Å². The monoisotopic (exact) mass is 745 g/mol. The average Bonchev–Trinajstić information content (AvgIpc) is 3.72. The number of hydrogen-bond donors (Lipinski definition) is 0. The van der Waals surface area contributed by atoms with Gasteiger partial charge in [-0.1, -0.05) is 169 Å². The van der Waals surface area contributed by atoms with Crippen LogP contribution in [0.15, 0.2) is 176 Å². The Bertz CT molecular complexity index is 2960. The van der Waals surface area contributed by atoms with Crippen molar-refractivity contribution in [1.82, 2.24) is 0 Å². The largest absolute Gasteiger partial charge is 0.310 e. The Morgan fingerprint density at radius 1 is 0.276 bits per heavy atom. The Balaban J connectivity index is 1.08. The van der Waals surface area contributed by atoms with Crippen molar-refractivity contribution in [2.75, 3.05) is 4.90 Å². The Kier molecular flexibility index (Phi) is 7.36. The molecule has 0 spiro atoms. The maximum atomic E-state index is 2.54. The van der Waals surface area contributed by atoms with Crippen LogP contribution in [0.3, 0.4) is 0 Å². The molecule has 3 aliphatic carbocycles. The zero-order valence-corrected chi connectivity index (χ0v) is 34.2. The lowest BCUT2D eigenvalue weighted by molar-refractivity contribution is 0.652. The SMILES string of the molecule is CC1(C)c2ccccc2-c2ccc(N(c3ccc4c(c3)C(C)(C)c3cc5c(cc3-4)C(C)(C)c3ccc(-c4ccccc4)cc3-5)c3ccccc3-c3ccccc3)cc21. The first kappa shape index (κ1) is 34.8. The molecule has 1 nitrogen and oxygen atoms in total. The molecule has 280 valence electrons. The van der Waals surface area contributed by atoms with Gasteiger partial charge in [0.05, 0.1) is 5.69 Å². The second-order valence-corrected chi connectivity index (χ2v) is 18.2. The van der Waals surface area contributed by atoms with Crippen molar-refractivity contribution < 1.29 is 0 Å². The summed E-state index contributed by atoms with van der Waals surface area (Å²) in [5.74, 6) is 0. The molecule has 0 aliphatic heterocycles. The summed E-state index contributed by atoms with van der Waals surface area (Å²) in [5.41, 5.74) is 24.5. The molecule has 0 saturated carbocycles. The van der Waals surface area contributed by atoms with Gasteiger partial charge in [0.1, 0.15) is 0 Å². The summed E-state index contributed by atoms with van der Waals surface area (Å²) in [6, 6.07) is 66.0. The van der Waals surface area contributed by atoms with Crippen LogP contribution < -0.4 is 4.90 Å². The van der Waals surface area contributed by atoms with Gasteiger partial charge in [0.2, 0.25) is 0 Å². The zero-order chi connectivity index (χ0) is 39.6. The zero-order valence-electron chi connectivity index (χ0n) is 34.2. The van der Waals surface area contributed by atoms with E-state index in [4.69, 9.17) is 0 Å². The van der Waals surface area contributed by atoms with Gasteiger partial charge in [0, 0.05) is 33.2 Å². The number of fused-ring (bicyclic) bond motifs is 9. The minimum atomic E-state index is -0.203. The van der Waals surface area contributed by atoms with Crippen molar-refractivity contribution in [1.29, 1.82) is 0 Å². The molecule has 0 bridgehead atoms. The quantitative estimate of drug-likeness (QED) is 0.170. The molecule has 0 aromatic heterocycles. The second kappa shape index (κ2) is 12.3. The molecule has 0 N–H and O–H groups in total. The average molecular weight is 746 g/mol. The highest BCUT2D eigenvalue weighted by Gasteiger charge is 2.42. The van der Waals surface area contributed by atoms with E-state index < -0.39 is 0 Å². The first-order valence-electron chi connectivity index (χ1n) is 20.8. The first-order valence-corrected chi connectivity index (χ1v) is 20.8. The summed E-state index contributed by atoms with van der Waals surface area (Å²) in [6.45, 7) is 14.4. The van der Waals surface area contributed by atoms with Crippen LogP contribution in [-0.2, 0) is 16.2 Å². The maximum Gasteiger partial charge on any atom is 0.0540 e. The lowest BCUT2D eigenvalue weighted by atomic mass is 9.79. The molecule has 8 aromatic carbocycles. The summed E-state index contributed by atoms with van der Waals surface area (Å²) in [6.07, 6.45) is 0. The minimum absolute atomic E-state index is 0.0965. The smallest absolute Gasteiger partial charge is 0.0540 e. The lowest BCUT2D eigenvalue weighted by Crippen LogP contribution is -2.18. The van der Waals surface area contributed by atoms with Crippen molar-refractivity contribution in [3.05, 3.63) is 209 Å². The molecule has 58 heavy (non-hydrogen) atoms. The van der Waals surface area contributed by atoms with Crippen LogP contribution in [0.5, 0.6) is 0 Å². The summed E-state index contributed by atoms with van der Waals surface area (Å²) in [7, 11) is 0. The first-order chi connectivity index (χ1) is 28.0. The van der Waals surface area contributed by atoms with Crippen molar-refractivity contribution in [2.45, 2.75) is 57.8 Å². The highest BCUT2D eigenvalue weighted by atomic mass is 15.1. The molecular weight excluding hydrogens is 699 g/mol. The fourth-order valence-corrected chi connectivity index (χ4v) is 10.7. The normalized spacial score (nSPS) is 15.5. The van der Waals surface area contributed by atoms with Gasteiger partial charge in [-0.25, -0.2) is 0 Å². The van der Waals surface area contributed by atoms with Crippen LogP contribution in [0.2, 0.25) is 0 Å².